The number of fused-ring (bicyclic) bond motifs is 1. The van der Waals surface area contributed by atoms with Gasteiger partial charge >= 0.3 is 0 Å². The van der Waals surface area contributed by atoms with Crippen LogP contribution in [0.15, 0.2) is 61.2 Å². The first-order chi connectivity index (χ1) is 14.3. The summed E-state index contributed by atoms with van der Waals surface area (Å²) in [6, 6.07) is 11.8. The van der Waals surface area contributed by atoms with Crippen molar-refractivity contribution < 1.29 is 14.6 Å². The molecule has 4 aromatic rings. The van der Waals surface area contributed by atoms with Crippen molar-refractivity contribution in [1.82, 2.24) is 19.3 Å². The molecule has 1 N–H and O–H groups in total. The molecule has 5 rings (SSSR count). The monoisotopic (exact) mass is 390 g/mol. The minimum atomic E-state index is 0.121. The van der Waals surface area contributed by atoms with Gasteiger partial charge in [-0.1, -0.05) is 12.1 Å². The molecule has 0 aliphatic carbocycles. The van der Waals surface area contributed by atoms with Gasteiger partial charge in [-0.3, -0.25) is 4.98 Å². The first-order valence-corrected chi connectivity index (χ1v) is 9.78. The van der Waals surface area contributed by atoms with Crippen LogP contribution in [0.4, 0.5) is 0 Å². The molecule has 1 fully saturated rings. The summed E-state index contributed by atoms with van der Waals surface area (Å²) in [6.07, 6.45) is 9.42. The average Bonchev–Trinajstić information content (AvgIpc) is 3.50. The highest BCUT2D eigenvalue weighted by atomic mass is 16.5. The Morgan fingerprint density at radius 3 is 2.83 bits per heavy atom. The first-order valence-electron chi connectivity index (χ1n) is 9.78. The lowest BCUT2D eigenvalue weighted by Crippen LogP contribution is -2.16. The fraction of sp³-hybridized carbons (Fsp3) is 0.273. The second-order valence-corrected chi connectivity index (χ2v) is 7.21. The molecule has 7 nitrogen and oxygen atoms in total. The predicted octanol–water partition coefficient (Wildman–Crippen LogP) is 3.53. The Bertz CT molecular complexity index is 1100. The Morgan fingerprint density at radius 2 is 2.07 bits per heavy atom. The van der Waals surface area contributed by atoms with E-state index >= 15 is 0 Å². The molecule has 1 aliphatic heterocycles. The van der Waals surface area contributed by atoms with E-state index in [2.05, 4.69) is 10.1 Å². The molecule has 1 aromatic carbocycles. The normalized spacial score (nSPS) is 16.5. The van der Waals surface area contributed by atoms with Crippen LogP contribution < -0.4 is 4.74 Å². The molecule has 1 aliphatic rings. The van der Waals surface area contributed by atoms with Crippen molar-refractivity contribution >= 4 is 10.9 Å². The minimum absolute atomic E-state index is 0.121. The Labute approximate surface area is 168 Å². The number of rotatable bonds is 6. The quantitative estimate of drug-likeness (QED) is 0.545. The lowest BCUT2D eigenvalue weighted by molar-refractivity contribution is 0.0684. The molecule has 29 heavy (non-hydrogen) atoms. The zero-order chi connectivity index (χ0) is 19.6. The second kappa shape index (κ2) is 7.60. The Morgan fingerprint density at radius 1 is 1.17 bits per heavy atom. The molecule has 148 valence electrons. The SMILES string of the molecule is Oc1c2c(OCC3CCCO3)ccnc2cn1Cc1ccc(-n2cccn2)cc1. The summed E-state index contributed by atoms with van der Waals surface area (Å²) in [5, 5.41) is 15.7. The third kappa shape index (κ3) is 3.56. The van der Waals surface area contributed by atoms with E-state index in [9.17, 15) is 5.11 Å². The molecule has 0 bridgehead atoms. The van der Waals surface area contributed by atoms with Crippen LogP contribution >= 0.6 is 0 Å². The summed E-state index contributed by atoms with van der Waals surface area (Å²) in [6.45, 7) is 1.81. The highest BCUT2D eigenvalue weighted by Crippen LogP contribution is 2.34. The maximum atomic E-state index is 10.8. The minimum Gasteiger partial charge on any atom is -0.494 e. The van der Waals surface area contributed by atoms with E-state index in [1.54, 1.807) is 23.0 Å². The van der Waals surface area contributed by atoms with Crippen molar-refractivity contribution in [2.45, 2.75) is 25.5 Å². The summed E-state index contributed by atoms with van der Waals surface area (Å²) >= 11 is 0. The highest BCUT2D eigenvalue weighted by Gasteiger charge is 2.19. The molecular weight excluding hydrogens is 368 g/mol. The summed E-state index contributed by atoms with van der Waals surface area (Å²) in [7, 11) is 0. The molecule has 0 spiro atoms. The van der Waals surface area contributed by atoms with E-state index in [1.807, 2.05) is 47.4 Å². The van der Waals surface area contributed by atoms with E-state index in [0.717, 1.165) is 30.7 Å². The van der Waals surface area contributed by atoms with Gasteiger partial charge in [0.15, 0.2) is 0 Å². The predicted molar refractivity (Wildman–Crippen MR) is 109 cm³/mol. The third-order valence-electron chi connectivity index (χ3n) is 5.22. The fourth-order valence-corrected chi connectivity index (χ4v) is 3.71. The van der Waals surface area contributed by atoms with Crippen molar-refractivity contribution in [3.63, 3.8) is 0 Å². The van der Waals surface area contributed by atoms with Crippen LogP contribution in [0.25, 0.3) is 16.6 Å². The number of aromatic nitrogens is 4. The Hall–Kier alpha value is -3.32. The first kappa shape index (κ1) is 17.8. The van der Waals surface area contributed by atoms with Gasteiger partial charge in [-0.25, -0.2) is 4.68 Å². The molecule has 3 aromatic heterocycles. The maximum absolute atomic E-state index is 10.8. The molecule has 0 saturated carbocycles. The Balaban J connectivity index is 1.37. The van der Waals surface area contributed by atoms with E-state index in [1.165, 1.54) is 0 Å². The number of pyridine rings is 1. The standard InChI is InChI=1S/C22H22N4O3/c27-22-21-19(23-10-8-20(21)29-15-18-3-1-12-28-18)14-25(22)13-16-4-6-17(7-5-16)26-11-2-9-24-26/h2,4-11,14,18,27H,1,3,12-13,15H2. The van der Waals surface area contributed by atoms with Crippen molar-refractivity contribution in [1.29, 1.82) is 0 Å². The van der Waals surface area contributed by atoms with Gasteiger partial charge in [0, 0.05) is 31.4 Å². The summed E-state index contributed by atoms with van der Waals surface area (Å²) < 4.78 is 15.2. The van der Waals surface area contributed by atoms with E-state index in [-0.39, 0.29) is 12.0 Å². The molecule has 1 saturated heterocycles. The highest BCUT2D eigenvalue weighted by molar-refractivity contribution is 5.90. The molecule has 0 amide bonds. The zero-order valence-corrected chi connectivity index (χ0v) is 15.9. The van der Waals surface area contributed by atoms with Gasteiger partial charge in [0.25, 0.3) is 0 Å². The number of hydrogen-bond acceptors (Lipinski definition) is 5. The van der Waals surface area contributed by atoms with Gasteiger partial charge < -0.3 is 19.1 Å². The molecule has 7 heteroatoms. The number of aromatic hydroxyl groups is 1. The number of benzene rings is 1. The summed E-state index contributed by atoms with van der Waals surface area (Å²) in [5.74, 6) is 0.794. The van der Waals surface area contributed by atoms with Crippen LogP contribution in [0.1, 0.15) is 18.4 Å². The van der Waals surface area contributed by atoms with Crippen molar-refractivity contribution in [3.05, 3.63) is 66.7 Å². The smallest absolute Gasteiger partial charge is 0.204 e. The average molecular weight is 390 g/mol. The van der Waals surface area contributed by atoms with Gasteiger partial charge in [0.1, 0.15) is 17.7 Å². The summed E-state index contributed by atoms with van der Waals surface area (Å²) in [5.41, 5.74) is 2.77. The van der Waals surface area contributed by atoms with Gasteiger partial charge in [0.05, 0.1) is 23.9 Å². The molecule has 1 atom stereocenters. The number of ether oxygens (including phenoxy) is 2. The van der Waals surface area contributed by atoms with E-state index in [0.29, 0.717) is 29.8 Å². The van der Waals surface area contributed by atoms with Crippen LogP contribution in [-0.2, 0) is 11.3 Å². The van der Waals surface area contributed by atoms with Gasteiger partial charge in [-0.05, 0) is 42.7 Å². The lowest BCUT2D eigenvalue weighted by atomic mass is 10.2. The van der Waals surface area contributed by atoms with Gasteiger partial charge in [-0.15, -0.1) is 0 Å². The van der Waals surface area contributed by atoms with Crippen LogP contribution in [-0.4, -0.2) is 43.8 Å². The van der Waals surface area contributed by atoms with Crippen molar-refractivity contribution in [2.24, 2.45) is 0 Å². The van der Waals surface area contributed by atoms with Crippen LogP contribution in [0.2, 0.25) is 0 Å². The van der Waals surface area contributed by atoms with E-state index in [4.69, 9.17) is 9.47 Å². The molecule has 1 unspecified atom stereocenters. The molecular formula is C22H22N4O3. The van der Waals surface area contributed by atoms with Crippen molar-refractivity contribution in [3.8, 4) is 17.3 Å². The summed E-state index contributed by atoms with van der Waals surface area (Å²) in [4.78, 5) is 4.39. The number of hydrogen-bond donors (Lipinski definition) is 1. The number of nitrogens with zero attached hydrogens (tertiary/aromatic N) is 4. The van der Waals surface area contributed by atoms with Gasteiger partial charge in [-0.2, -0.15) is 5.10 Å². The second-order valence-electron chi connectivity index (χ2n) is 7.21. The van der Waals surface area contributed by atoms with E-state index < -0.39 is 0 Å². The van der Waals surface area contributed by atoms with Gasteiger partial charge in [0.2, 0.25) is 5.88 Å². The largest absolute Gasteiger partial charge is 0.494 e. The van der Waals surface area contributed by atoms with Crippen LogP contribution in [0.3, 0.4) is 0 Å². The van der Waals surface area contributed by atoms with Crippen LogP contribution in [0.5, 0.6) is 11.6 Å². The topological polar surface area (TPSA) is 74.3 Å². The third-order valence-corrected chi connectivity index (χ3v) is 5.22. The van der Waals surface area contributed by atoms with Crippen LogP contribution in [0, 0.1) is 0 Å². The van der Waals surface area contributed by atoms with Crippen molar-refractivity contribution in [2.75, 3.05) is 13.2 Å². The maximum Gasteiger partial charge on any atom is 0.204 e. The molecule has 4 heterocycles. The Kier molecular flexibility index (Phi) is 4.65. The fourth-order valence-electron chi connectivity index (χ4n) is 3.71. The zero-order valence-electron chi connectivity index (χ0n) is 15.9. The molecule has 0 radical (unpaired) electrons. The lowest BCUT2D eigenvalue weighted by Gasteiger charge is -2.12.